The number of thiazole rings is 1. The van der Waals surface area contributed by atoms with Gasteiger partial charge in [0.05, 0.1) is 17.1 Å². The van der Waals surface area contributed by atoms with E-state index in [1.807, 2.05) is 6.07 Å². The molecule has 3 aromatic heterocycles. The van der Waals surface area contributed by atoms with Crippen molar-refractivity contribution in [3.05, 3.63) is 57.6 Å². The van der Waals surface area contributed by atoms with Crippen molar-refractivity contribution in [1.29, 1.82) is 5.26 Å². The van der Waals surface area contributed by atoms with Gasteiger partial charge in [-0.2, -0.15) is 5.26 Å². The number of H-pyrrole nitrogens is 1. The largest absolute Gasteiger partial charge is 0.345 e. The van der Waals surface area contributed by atoms with Crippen LogP contribution >= 0.6 is 11.3 Å². The summed E-state index contributed by atoms with van der Waals surface area (Å²) in [6.07, 6.45) is 7.69. The number of rotatable bonds is 3. The molecule has 0 saturated carbocycles. The van der Waals surface area contributed by atoms with Crippen LogP contribution < -0.4 is 10.5 Å². The second kappa shape index (κ2) is 7.43. The van der Waals surface area contributed by atoms with Gasteiger partial charge in [-0.3, -0.25) is 14.7 Å². The average molecular weight is 404 g/mol. The highest BCUT2D eigenvalue weighted by molar-refractivity contribution is 7.16. The number of hydrogen-bond donors (Lipinski definition) is 1. The number of allylic oxidation sites excluding steroid dienone is 1. The highest BCUT2D eigenvalue weighted by Crippen LogP contribution is 2.31. The molecule has 0 aromatic carbocycles. The third-order valence-electron chi connectivity index (χ3n) is 5.72. The minimum Gasteiger partial charge on any atom is -0.345 e. The van der Waals surface area contributed by atoms with Gasteiger partial charge >= 0.3 is 0 Å². The van der Waals surface area contributed by atoms with E-state index in [1.165, 1.54) is 16.9 Å². The van der Waals surface area contributed by atoms with Gasteiger partial charge in [0.25, 0.3) is 5.56 Å². The summed E-state index contributed by atoms with van der Waals surface area (Å²) in [7, 11) is 0. The molecule has 1 fully saturated rings. The fraction of sp³-hybridized carbons (Fsp3) is 0.333. The highest BCUT2D eigenvalue weighted by Gasteiger charge is 2.27. The zero-order valence-electron chi connectivity index (χ0n) is 15.8. The molecule has 8 heteroatoms. The first-order chi connectivity index (χ1) is 14.2. The zero-order valence-corrected chi connectivity index (χ0v) is 16.7. The number of aromatic nitrogens is 3. The van der Waals surface area contributed by atoms with E-state index in [2.05, 4.69) is 36.9 Å². The van der Waals surface area contributed by atoms with Crippen LogP contribution in [0.5, 0.6) is 0 Å². The molecule has 1 saturated heterocycles. The Labute approximate surface area is 171 Å². The summed E-state index contributed by atoms with van der Waals surface area (Å²) in [6.45, 7) is 3.75. The van der Waals surface area contributed by atoms with Crippen LogP contribution in [0.15, 0.2) is 41.5 Å². The second-order valence-electron chi connectivity index (χ2n) is 7.39. The summed E-state index contributed by atoms with van der Waals surface area (Å²) in [5.41, 5.74) is 2.74. The number of piperazine rings is 1. The molecule has 0 unspecified atom stereocenters. The first-order valence-electron chi connectivity index (χ1n) is 9.75. The molecular formula is C21H20N6OS. The standard InChI is InChI=1S/C21H20N6OS/c22-12-16-13-24-21(29-16)27-8-6-26(7-9-27)15-4-3-14(10-15)18-11-19-17(20(28)25-18)2-1-5-23-19/h1-2,5,10-11,13,15H,3-4,6-9H2,(H,25,28)/t15-/m1/s1. The van der Waals surface area contributed by atoms with Crippen molar-refractivity contribution in [3.8, 4) is 6.07 Å². The van der Waals surface area contributed by atoms with E-state index < -0.39 is 0 Å². The number of pyridine rings is 2. The van der Waals surface area contributed by atoms with Gasteiger partial charge < -0.3 is 9.88 Å². The van der Waals surface area contributed by atoms with Crippen LogP contribution in [0, 0.1) is 11.3 Å². The van der Waals surface area contributed by atoms with Gasteiger partial charge in [-0.25, -0.2) is 4.98 Å². The SMILES string of the molecule is N#Cc1cnc(N2CCN([C@H]3C=C(c4cc5ncccc5c(=O)[nH]4)CC3)CC2)s1. The summed E-state index contributed by atoms with van der Waals surface area (Å²) in [4.78, 5) is 29.5. The van der Waals surface area contributed by atoms with Gasteiger partial charge in [0.1, 0.15) is 10.9 Å². The van der Waals surface area contributed by atoms with E-state index in [4.69, 9.17) is 5.26 Å². The fourth-order valence-corrected chi connectivity index (χ4v) is 4.95. The van der Waals surface area contributed by atoms with Gasteiger partial charge in [-0.1, -0.05) is 17.4 Å². The summed E-state index contributed by atoms with van der Waals surface area (Å²) in [5.74, 6) is 0. The summed E-state index contributed by atoms with van der Waals surface area (Å²) < 4.78 is 0. The van der Waals surface area contributed by atoms with Crippen molar-refractivity contribution < 1.29 is 0 Å². The molecular weight excluding hydrogens is 384 g/mol. The van der Waals surface area contributed by atoms with Crippen LogP contribution in [0.25, 0.3) is 16.5 Å². The van der Waals surface area contributed by atoms with Gasteiger partial charge in [-0.05, 0) is 36.6 Å². The maximum absolute atomic E-state index is 12.4. The Hall–Kier alpha value is -3.02. The zero-order chi connectivity index (χ0) is 19.8. The molecule has 146 valence electrons. The Morgan fingerprint density at radius 1 is 1.24 bits per heavy atom. The van der Waals surface area contributed by atoms with E-state index in [9.17, 15) is 4.79 Å². The van der Waals surface area contributed by atoms with Crippen molar-refractivity contribution in [2.24, 2.45) is 0 Å². The van der Waals surface area contributed by atoms with E-state index in [1.54, 1.807) is 24.5 Å². The predicted octanol–water partition coefficient (Wildman–Crippen LogP) is 2.62. The van der Waals surface area contributed by atoms with Crippen LogP contribution in [-0.4, -0.2) is 52.1 Å². The van der Waals surface area contributed by atoms with Gasteiger partial charge in [-0.15, -0.1) is 0 Å². The molecule has 7 nitrogen and oxygen atoms in total. The molecule has 5 rings (SSSR count). The fourth-order valence-electron chi connectivity index (χ4n) is 4.18. The first kappa shape index (κ1) is 18.0. The maximum atomic E-state index is 12.4. The molecule has 0 spiro atoms. The van der Waals surface area contributed by atoms with Crippen molar-refractivity contribution in [2.45, 2.75) is 18.9 Å². The van der Waals surface area contributed by atoms with E-state index >= 15 is 0 Å². The number of nitrogens with one attached hydrogen (secondary N) is 1. The van der Waals surface area contributed by atoms with Crippen LogP contribution in [0.2, 0.25) is 0 Å². The van der Waals surface area contributed by atoms with Crippen molar-refractivity contribution >= 4 is 32.9 Å². The van der Waals surface area contributed by atoms with Crippen LogP contribution in [0.1, 0.15) is 23.4 Å². The maximum Gasteiger partial charge on any atom is 0.257 e. The lowest BCUT2D eigenvalue weighted by Crippen LogP contribution is -2.49. The number of fused-ring (bicyclic) bond motifs is 1. The summed E-state index contributed by atoms with van der Waals surface area (Å²) in [5, 5.41) is 10.6. The van der Waals surface area contributed by atoms with E-state index in [0.717, 1.165) is 55.4 Å². The van der Waals surface area contributed by atoms with Crippen molar-refractivity contribution in [3.63, 3.8) is 0 Å². The summed E-state index contributed by atoms with van der Waals surface area (Å²) >= 11 is 1.46. The smallest absolute Gasteiger partial charge is 0.257 e. The van der Waals surface area contributed by atoms with Gasteiger partial charge in [0.2, 0.25) is 0 Å². The Kier molecular flexibility index (Phi) is 4.62. The lowest BCUT2D eigenvalue weighted by atomic mass is 10.1. The number of nitriles is 1. The van der Waals surface area contributed by atoms with Crippen LogP contribution in [-0.2, 0) is 0 Å². The monoisotopic (exact) mass is 404 g/mol. The number of nitrogens with zero attached hydrogens (tertiary/aromatic N) is 5. The van der Waals surface area contributed by atoms with Gasteiger partial charge in [0, 0.05) is 44.1 Å². The predicted molar refractivity (Wildman–Crippen MR) is 114 cm³/mol. The van der Waals surface area contributed by atoms with E-state index in [-0.39, 0.29) is 5.56 Å². The van der Waals surface area contributed by atoms with Crippen molar-refractivity contribution in [1.82, 2.24) is 19.9 Å². The highest BCUT2D eigenvalue weighted by atomic mass is 32.1. The Balaban J connectivity index is 1.29. The quantitative estimate of drug-likeness (QED) is 0.722. The Morgan fingerprint density at radius 2 is 2.10 bits per heavy atom. The topological polar surface area (TPSA) is 88.9 Å². The molecule has 0 amide bonds. The number of anilines is 1. The molecule has 1 atom stereocenters. The normalized spacial score (nSPS) is 20.0. The minimum atomic E-state index is -0.0799. The molecule has 4 heterocycles. The second-order valence-corrected chi connectivity index (χ2v) is 8.40. The van der Waals surface area contributed by atoms with Crippen molar-refractivity contribution in [2.75, 3.05) is 31.1 Å². The molecule has 29 heavy (non-hydrogen) atoms. The number of aromatic amines is 1. The Bertz CT molecular complexity index is 1180. The molecule has 1 aliphatic carbocycles. The molecule has 1 aliphatic heterocycles. The molecule has 3 aromatic rings. The third-order valence-corrected chi connectivity index (χ3v) is 6.68. The Morgan fingerprint density at radius 3 is 2.90 bits per heavy atom. The third kappa shape index (κ3) is 3.43. The molecule has 0 bridgehead atoms. The summed E-state index contributed by atoms with van der Waals surface area (Å²) in [6, 6.07) is 8.12. The lowest BCUT2D eigenvalue weighted by Gasteiger charge is -2.37. The first-order valence-corrected chi connectivity index (χ1v) is 10.6. The van der Waals surface area contributed by atoms with E-state index in [0.29, 0.717) is 16.3 Å². The molecule has 1 N–H and O–H groups in total. The average Bonchev–Trinajstić information content (AvgIpc) is 3.44. The van der Waals surface area contributed by atoms with Crippen LogP contribution in [0.3, 0.4) is 0 Å². The molecule has 0 radical (unpaired) electrons. The molecule has 2 aliphatic rings. The lowest BCUT2D eigenvalue weighted by molar-refractivity contribution is 0.214. The van der Waals surface area contributed by atoms with Gasteiger partial charge in [0.15, 0.2) is 5.13 Å². The number of hydrogen-bond acceptors (Lipinski definition) is 7. The van der Waals surface area contributed by atoms with Crippen LogP contribution in [0.4, 0.5) is 5.13 Å². The minimum absolute atomic E-state index is 0.0799.